The van der Waals surface area contributed by atoms with Crippen molar-refractivity contribution in [1.29, 1.82) is 0 Å². The quantitative estimate of drug-likeness (QED) is 0.497. The molecule has 1 amide bonds. The van der Waals surface area contributed by atoms with Gasteiger partial charge in [-0.05, 0) is 70.6 Å². The van der Waals surface area contributed by atoms with Gasteiger partial charge in [0.05, 0.1) is 11.6 Å². The predicted octanol–water partition coefficient (Wildman–Crippen LogP) is 4.28. The molecule has 2 fully saturated rings. The highest BCUT2D eigenvalue weighted by Gasteiger charge is 2.28. The Morgan fingerprint density at radius 1 is 1.16 bits per heavy atom. The maximum atomic E-state index is 13.7. The van der Waals surface area contributed by atoms with E-state index in [4.69, 9.17) is 16.3 Å². The van der Waals surface area contributed by atoms with Gasteiger partial charge in [-0.25, -0.2) is 9.97 Å². The summed E-state index contributed by atoms with van der Waals surface area (Å²) in [5, 5.41) is 3.75. The fourth-order valence-electron chi connectivity index (χ4n) is 4.82. The van der Waals surface area contributed by atoms with Crippen molar-refractivity contribution >= 4 is 28.5 Å². The van der Waals surface area contributed by atoms with Crippen molar-refractivity contribution in [2.45, 2.75) is 64.6 Å². The van der Waals surface area contributed by atoms with Crippen molar-refractivity contribution in [3.63, 3.8) is 0 Å². The number of piperidine rings is 1. The SMILES string of the molecule is CC(C)(C)NC(=O)Cn1c(-c2cccc(Cl)c2)nc2ncc(OC3CCN(CC4CC4)CC3)cc2c1=O. The van der Waals surface area contributed by atoms with E-state index in [1.807, 2.05) is 26.8 Å². The summed E-state index contributed by atoms with van der Waals surface area (Å²) in [6, 6.07) is 8.77. The average molecular weight is 524 g/mol. The summed E-state index contributed by atoms with van der Waals surface area (Å²) in [4.78, 5) is 38.2. The van der Waals surface area contributed by atoms with E-state index < -0.39 is 5.54 Å². The molecule has 0 spiro atoms. The molecule has 1 aliphatic carbocycles. The summed E-state index contributed by atoms with van der Waals surface area (Å²) in [5.41, 5.74) is 0.160. The third-order valence-electron chi connectivity index (χ3n) is 6.73. The van der Waals surface area contributed by atoms with E-state index in [9.17, 15) is 9.59 Å². The molecule has 1 N–H and O–H groups in total. The van der Waals surface area contributed by atoms with Gasteiger partial charge in [0, 0.05) is 35.8 Å². The van der Waals surface area contributed by atoms with Crippen molar-refractivity contribution in [3.05, 3.63) is 51.9 Å². The molecule has 1 saturated carbocycles. The molecule has 196 valence electrons. The number of benzene rings is 1. The number of nitrogens with one attached hydrogen (secondary N) is 1. The number of amides is 1. The molecule has 0 atom stereocenters. The minimum atomic E-state index is -0.433. The van der Waals surface area contributed by atoms with Crippen LogP contribution in [0.4, 0.5) is 0 Å². The van der Waals surface area contributed by atoms with Crippen LogP contribution in [0.15, 0.2) is 41.3 Å². The Morgan fingerprint density at radius 2 is 1.92 bits per heavy atom. The molecule has 37 heavy (non-hydrogen) atoms. The number of likely N-dealkylation sites (tertiary alicyclic amines) is 1. The van der Waals surface area contributed by atoms with Gasteiger partial charge in [-0.3, -0.25) is 14.2 Å². The lowest BCUT2D eigenvalue weighted by Gasteiger charge is -2.32. The fraction of sp³-hybridized carbons (Fsp3) is 0.500. The molecule has 9 heteroatoms. The van der Waals surface area contributed by atoms with Crippen LogP contribution < -0.4 is 15.6 Å². The van der Waals surface area contributed by atoms with Gasteiger partial charge >= 0.3 is 0 Å². The Kier molecular flexibility index (Phi) is 7.23. The number of pyridine rings is 1. The molecule has 5 rings (SSSR count). The van der Waals surface area contributed by atoms with Crippen LogP contribution in [-0.2, 0) is 11.3 Å². The minimum absolute atomic E-state index is 0.0909. The zero-order valence-electron chi connectivity index (χ0n) is 21.7. The molecule has 0 bridgehead atoms. The fourth-order valence-corrected chi connectivity index (χ4v) is 5.01. The predicted molar refractivity (Wildman–Crippen MR) is 145 cm³/mol. The molecule has 1 saturated heterocycles. The van der Waals surface area contributed by atoms with Crippen molar-refractivity contribution in [3.8, 4) is 17.1 Å². The van der Waals surface area contributed by atoms with Gasteiger partial charge in [-0.15, -0.1) is 0 Å². The lowest BCUT2D eigenvalue weighted by atomic mass is 10.1. The third-order valence-corrected chi connectivity index (χ3v) is 6.97. The first-order valence-electron chi connectivity index (χ1n) is 13.0. The van der Waals surface area contributed by atoms with E-state index in [1.165, 1.54) is 24.0 Å². The molecular formula is C28H34ClN5O3. The van der Waals surface area contributed by atoms with E-state index in [2.05, 4.69) is 20.2 Å². The first-order chi connectivity index (χ1) is 17.6. The van der Waals surface area contributed by atoms with E-state index in [-0.39, 0.29) is 24.1 Å². The molecule has 3 aromatic rings. The summed E-state index contributed by atoms with van der Waals surface area (Å²) in [6.45, 7) is 8.78. The van der Waals surface area contributed by atoms with Crippen LogP contribution in [0.3, 0.4) is 0 Å². The van der Waals surface area contributed by atoms with Gasteiger partial charge in [0.25, 0.3) is 5.56 Å². The first kappa shape index (κ1) is 25.7. The number of aromatic nitrogens is 3. The summed E-state index contributed by atoms with van der Waals surface area (Å²) >= 11 is 6.22. The number of hydrogen-bond acceptors (Lipinski definition) is 6. The number of hydrogen-bond donors (Lipinski definition) is 1. The Labute approximate surface area is 222 Å². The molecule has 1 aromatic carbocycles. The van der Waals surface area contributed by atoms with Gasteiger partial charge in [-0.1, -0.05) is 23.7 Å². The zero-order chi connectivity index (χ0) is 26.2. The standard InChI is InChI=1S/C28H34ClN5O3/c1-28(2,3)32-24(35)17-34-26(19-5-4-6-20(29)13-19)31-25-23(27(34)36)14-22(15-30-25)37-21-9-11-33(12-10-21)16-18-7-8-18/h4-6,13-15,18,21H,7-12,16-17H2,1-3H3,(H,32,35). The highest BCUT2D eigenvalue weighted by Crippen LogP contribution is 2.31. The number of nitrogens with zero attached hydrogens (tertiary/aromatic N) is 4. The molecule has 3 heterocycles. The minimum Gasteiger partial charge on any atom is -0.489 e. The lowest BCUT2D eigenvalue weighted by Crippen LogP contribution is -2.43. The van der Waals surface area contributed by atoms with E-state index >= 15 is 0 Å². The zero-order valence-corrected chi connectivity index (χ0v) is 22.4. The normalized spacial score (nSPS) is 17.2. The maximum absolute atomic E-state index is 13.7. The number of rotatable bonds is 7. The first-order valence-corrected chi connectivity index (χ1v) is 13.4. The summed E-state index contributed by atoms with van der Waals surface area (Å²) in [6.07, 6.45) is 6.35. The molecule has 1 aliphatic heterocycles. The molecule has 2 aromatic heterocycles. The van der Waals surface area contributed by atoms with Gasteiger partial charge < -0.3 is 15.0 Å². The topological polar surface area (TPSA) is 89.3 Å². The number of carbonyl (C=O) groups excluding carboxylic acids is 1. The Balaban J connectivity index is 1.44. The Morgan fingerprint density at radius 3 is 2.59 bits per heavy atom. The lowest BCUT2D eigenvalue weighted by molar-refractivity contribution is -0.123. The Hall–Kier alpha value is -2.97. The van der Waals surface area contributed by atoms with Crippen molar-refractivity contribution in [2.24, 2.45) is 5.92 Å². The van der Waals surface area contributed by atoms with Crippen LogP contribution in [0.1, 0.15) is 46.5 Å². The molecule has 0 unspecified atom stereocenters. The second-order valence-electron chi connectivity index (χ2n) is 11.2. The average Bonchev–Trinajstić information content (AvgIpc) is 3.65. The van der Waals surface area contributed by atoms with Crippen molar-refractivity contribution in [2.75, 3.05) is 19.6 Å². The monoisotopic (exact) mass is 523 g/mol. The highest BCUT2D eigenvalue weighted by molar-refractivity contribution is 6.30. The maximum Gasteiger partial charge on any atom is 0.263 e. The number of fused-ring (bicyclic) bond motifs is 1. The second kappa shape index (κ2) is 10.4. The van der Waals surface area contributed by atoms with Crippen LogP contribution in [0, 0.1) is 5.92 Å². The smallest absolute Gasteiger partial charge is 0.263 e. The largest absolute Gasteiger partial charge is 0.489 e. The summed E-state index contributed by atoms with van der Waals surface area (Å²) < 4.78 is 7.63. The highest BCUT2D eigenvalue weighted by atomic mass is 35.5. The summed E-state index contributed by atoms with van der Waals surface area (Å²) in [5.74, 6) is 1.50. The molecule has 2 aliphatic rings. The van der Waals surface area contributed by atoms with Crippen molar-refractivity contribution in [1.82, 2.24) is 24.8 Å². The van der Waals surface area contributed by atoms with E-state index in [0.717, 1.165) is 31.8 Å². The van der Waals surface area contributed by atoms with Crippen LogP contribution in [-0.4, -0.2) is 56.6 Å². The van der Waals surface area contributed by atoms with E-state index in [0.29, 0.717) is 33.2 Å². The molecule has 0 radical (unpaired) electrons. The molecular weight excluding hydrogens is 490 g/mol. The van der Waals surface area contributed by atoms with Gasteiger partial charge in [0.15, 0.2) is 5.65 Å². The molecule has 8 nitrogen and oxygen atoms in total. The number of halogens is 1. The Bertz CT molecular complexity index is 1350. The van der Waals surface area contributed by atoms with Crippen LogP contribution >= 0.6 is 11.6 Å². The van der Waals surface area contributed by atoms with Crippen molar-refractivity contribution < 1.29 is 9.53 Å². The number of carbonyl (C=O) groups is 1. The van der Waals surface area contributed by atoms with Crippen LogP contribution in [0.5, 0.6) is 5.75 Å². The summed E-state index contributed by atoms with van der Waals surface area (Å²) in [7, 11) is 0. The van der Waals surface area contributed by atoms with Gasteiger partial charge in [0.2, 0.25) is 5.91 Å². The van der Waals surface area contributed by atoms with Gasteiger partial charge in [-0.2, -0.15) is 0 Å². The van der Waals surface area contributed by atoms with E-state index in [1.54, 1.807) is 30.5 Å². The number of ether oxygens (including phenoxy) is 1. The van der Waals surface area contributed by atoms with Crippen LogP contribution in [0.2, 0.25) is 5.02 Å². The third kappa shape index (κ3) is 6.48. The van der Waals surface area contributed by atoms with Crippen LogP contribution in [0.25, 0.3) is 22.4 Å². The second-order valence-corrected chi connectivity index (χ2v) is 11.7. The van der Waals surface area contributed by atoms with Gasteiger partial charge in [0.1, 0.15) is 24.2 Å².